The molecule has 1 atom stereocenters. The third-order valence-corrected chi connectivity index (χ3v) is 4.86. The van der Waals surface area contributed by atoms with E-state index in [0.717, 1.165) is 12.0 Å². The van der Waals surface area contributed by atoms with Gasteiger partial charge in [-0.15, -0.1) is 0 Å². The zero-order chi connectivity index (χ0) is 20.6. The average Bonchev–Trinajstić information content (AvgIpc) is 3.19. The Balaban J connectivity index is 1.74. The van der Waals surface area contributed by atoms with Crippen molar-refractivity contribution in [3.63, 3.8) is 0 Å². The summed E-state index contributed by atoms with van der Waals surface area (Å²) in [5, 5.41) is 2.90. The highest BCUT2D eigenvalue weighted by Crippen LogP contribution is 2.18. The van der Waals surface area contributed by atoms with E-state index in [1.807, 2.05) is 56.3 Å². The Hall–Kier alpha value is -2.92. The first-order valence-electron chi connectivity index (χ1n) is 9.94. The fourth-order valence-electron chi connectivity index (χ4n) is 3.08. The molecule has 5 heteroatoms. The van der Waals surface area contributed by atoms with Crippen molar-refractivity contribution in [2.24, 2.45) is 0 Å². The van der Waals surface area contributed by atoms with Crippen molar-refractivity contribution >= 4 is 5.91 Å². The van der Waals surface area contributed by atoms with Crippen LogP contribution in [0.5, 0.6) is 0 Å². The molecule has 0 fully saturated rings. The summed E-state index contributed by atoms with van der Waals surface area (Å²) in [5.41, 5.74) is 1.76. The first-order valence-corrected chi connectivity index (χ1v) is 9.94. The van der Waals surface area contributed by atoms with Crippen LogP contribution in [0.4, 0.5) is 4.39 Å². The topological polar surface area (TPSA) is 45.5 Å². The number of nitrogens with one attached hydrogen (secondary N) is 1. The fourth-order valence-corrected chi connectivity index (χ4v) is 3.08. The molecule has 1 aromatic heterocycles. The number of rotatable bonds is 9. The largest absolute Gasteiger partial charge is 0.455 e. The molecule has 0 saturated carbocycles. The van der Waals surface area contributed by atoms with Crippen molar-refractivity contribution < 1.29 is 13.6 Å². The lowest BCUT2D eigenvalue weighted by molar-refractivity contribution is 0.0906. The van der Waals surface area contributed by atoms with Gasteiger partial charge in [0, 0.05) is 24.7 Å². The molecule has 152 valence electrons. The van der Waals surface area contributed by atoms with Crippen molar-refractivity contribution in [3.8, 4) is 0 Å². The van der Waals surface area contributed by atoms with E-state index in [4.69, 9.17) is 4.42 Å². The fraction of sp³-hybridized carbons (Fsp3) is 0.292. The van der Waals surface area contributed by atoms with Crippen LogP contribution in [0.2, 0.25) is 0 Å². The minimum Gasteiger partial charge on any atom is -0.455 e. The summed E-state index contributed by atoms with van der Waals surface area (Å²) in [6, 6.07) is 20.4. The van der Waals surface area contributed by atoms with Gasteiger partial charge in [0.2, 0.25) is 0 Å². The van der Waals surface area contributed by atoms with Gasteiger partial charge in [0.15, 0.2) is 5.76 Å². The van der Waals surface area contributed by atoms with E-state index in [1.165, 1.54) is 6.07 Å². The van der Waals surface area contributed by atoms with Gasteiger partial charge in [-0.3, -0.25) is 9.69 Å². The quantitative estimate of drug-likeness (QED) is 0.546. The number of benzene rings is 2. The lowest BCUT2D eigenvalue weighted by Gasteiger charge is -2.22. The van der Waals surface area contributed by atoms with Crippen LogP contribution >= 0.6 is 0 Å². The Morgan fingerprint density at radius 3 is 2.45 bits per heavy atom. The van der Waals surface area contributed by atoms with Gasteiger partial charge in [0.25, 0.3) is 5.91 Å². The Morgan fingerprint density at radius 2 is 1.72 bits per heavy atom. The Bertz CT molecular complexity index is 923. The minimum absolute atomic E-state index is 0.0895. The normalized spacial score (nSPS) is 12.1. The van der Waals surface area contributed by atoms with Gasteiger partial charge in [0.1, 0.15) is 11.6 Å². The standard InChI is InChI=1S/C24H27FN2O2/c1-3-18(2)26-24(28)23-14-13-21(29-23)17-27(15-19-9-5-4-6-10-19)16-20-11-7-8-12-22(20)25/h4-14,18H,3,15-17H2,1-2H3,(H,26,28)/t18-/m1/s1. The van der Waals surface area contributed by atoms with Gasteiger partial charge in [-0.2, -0.15) is 0 Å². The maximum absolute atomic E-state index is 14.2. The molecule has 3 rings (SSSR count). The van der Waals surface area contributed by atoms with Gasteiger partial charge in [0.05, 0.1) is 6.54 Å². The highest BCUT2D eigenvalue weighted by Gasteiger charge is 2.16. The smallest absolute Gasteiger partial charge is 0.287 e. The molecule has 1 N–H and O–H groups in total. The summed E-state index contributed by atoms with van der Waals surface area (Å²) in [4.78, 5) is 14.4. The number of carbonyl (C=O) groups is 1. The number of hydrogen-bond donors (Lipinski definition) is 1. The second-order valence-corrected chi connectivity index (χ2v) is 7.27. The molecule has 3 aromatic rings. The molecule has 0 bridgehead atoms. The molecule has 0 aliphatic rings. The lowest BCUT2D eigenvalue weighted by atomic mass is 10.1. The zero-order valence-electron chi connectivity index (χ0n) is 16.9. The Morgan fingerprint density at radius 1 is 1.00 bits per heavy atom. The summed E-state index contributed by atoms with van der Waals surface area (Å²) >= 11 is 0. The van der Waals surface area contributed by atoms with Gasteiger partial charge in [-0.1, -0.05) is 55.5 Å². The molecule has 1 amide bonds. The van der Waals surface area contributed by atoms with Crippen molar-refractivity contribution in [3.05, 3.63) is 95.2 Å². The van der Waals surface area contributed by atoms with Crippen LogP contribution in [0.1, 0.15) is 47.7 Å². The van der Waals surface area contributed by atoms with E-state index in [2.05, 4.69) is 10.2 Å². The number of amides is 1. The van der Waals surface area contributed by atoms with Crippen molar-refractivity contribution in [2.75, 3.05) is 0 Å². The predicted molar refractivity (Wildman–Crippen MR) is 112 cm³/mol. The van der Waals surface area contributed by atoms with E-state index >= 15 is 0 Å². The number of carbonyl (C=O) groups excluding carboxylic acids is 1. The number of halogens is 1. The van der Waals surface area contributed by atoms with E-state index in [9.17, 15) is 9.18 Å². The predicted octanol–water partition coefficient (Wildman–Crippen LogP) is 5.15. The molecule has 0 aliphatic carbocycles. The highest BCUT2D eigenvalue weighted by molar-refractivity contribution is 5.91. The number of nitrogens with zero attached hydrogens (tertiary/aromatic N) is 1. The summed E-state index contributed by atoms with van der Waals surface area (Å²) in [7, 11) is 0. The molecule has 0 radical (unpaired) electrons. The van der Waals surface area contributed by atoms with Crippen molar-refractivity contribution in [2.45, 2.75) is 45.9 Å². The summed E-state index contributed by atoms with van der Waals surface area (Å²) in [6.45, 7) is 5.53. The molecule has 4 nitrogen and oxygen atoms in total. The maximum atomic E-state index is 14.2. The van der Waals surface area contributed by atoms with E-state index in [0.29, 0.717) is 36.7 Å². The minimum atomic E-state index is -0.223. The SMILES string of the molecule is CC[C@@H](C)NC(=O)c1ccc(CN(Cc2ccccc2)Cc2ccccc2F)o1. The van der Waals surface area contributed by atoms with Crippen LogP contribution < -0.4 is 5.32 Å². The van der Waals surface area contributed by atoms with Gasteiger partial charge < -0.3 is 9.73 Å². The van der Waals surface area contributed by atoms with Gasteiger partial charge in [-0.25, -0.2) is 4.39 Å². The molecule has 0 saturated heterocycles. The highest BCUT2D eigenvalue weighted by atomic mass is 19.1. The van der Waals surface area contributed by atoms with Gasteiger partial charge in [-0.05, 0) is 37.1 Å². The van der Waals surface area contributed by atoms with Gasteiger partial charge >= 0.3 is 0 Å². The average molecular weight is 394 g/mol. The summed E-state index contributed by atoms with van der Waals surface area (Å²) in [5.74, 6) is 0.533. The molecule has 1 heterocycles. The number of furan rings is 1. The third-order valence-electron chi connectivity index (χ3n) is 4.86. The van der Waals surface area contributed by atoms with Crippen LogP contribution in [0, 0.1) is 5.82 Å². The molecular weight excluding hydrogens is 367 g/mol. The van der Waals surface area contributed by atoms with Crippen LogP contribution in [-0.2, 0) is 19.6 Å². The number of hydrogen-bond acceptors (Lipinski definition) is 3. The Kier molecular flexibility index (Phi) is 7.19. The molecule has 0 spiro atoms. The monoisotopic (exact) mass is 394 g/mol. The lowest BCUT2D eigenvalue weighted by Crippen LogP contribution is -2.31. The first-order chi connectivity index (χ1) is 14.0. The summed E-state index contributed by atoms with van der Waals surface area (Å²) < 4.78 is 20.0. The summed E-state index contributed by atoms with van der Waals surface area (Å²) in [6.07, 6.45) is 0.854. The Labute approximate surface area is 171 Å². The molecule has 0 unspecified atom stereocenters. The molecule has 2 aromatic carbocycles. The second-order valence-electron chi connectivity index (χ2n) is 7.27. The second kappa shape index (κ2) is 10.0. The van der Waals surface area contributed by atoms with E-state index < -0.39 is 0 Å². The molecular formula is C24H27FN2O2. The van der Waals surface area contributed by atoms with E-state index in [1.54, 1.807) is 18.2 Å². The zero-order valence-corrected chi connectivity index (χ0v) is 16.9. The van der Waals surface area contributed by atoms with Crippen LogP contribution in [0.25, 0.3) is 0 Å². The van der Waals surface area contributed by atoms with E-state index in [-0.39, 0.29) is 17.8 Å². The van der Waals surface area contributed by atoms with Crippen LogP contribution in [-0.4, -0.2) is 16.8 Å². The van der Waals surface area contributed by atoms with Crippen LogP contribution in [0.3, 0.4) is 0 Å². The van der Waals surface area contributed by atoms with Crippen molar-refractivity contribution in [1.29, 1.82) is 0 Å². The molecule has 0 aliphatic heterocycles. The molecule has 29 heavy (non-hydrogen) atoms. The third kappa shape index (κ3) is 6.03. The van der Waals surface area contributed by atoms with Crippen LogP contribution in [0.15, 0.2) is 71.1 Å². The maximum Gasteiger partial charge on any atom is 0.287 e. The van der Waals surface area contributed by atoms with Crippen molar-refractivity contribution in [1.82, 2.24) is 10.2 Å². The first kappa shape index (κ1) is 20.8.